The van der Waals surface area contributed by atoms with Crippen molar-refractivity contribution in [2.24, 2.45) is 7.05 Å². The summed E-state index contributed by atoms with van der Waals surface area (Å²) in [4.78, 5) is 28.2. The molecule has 0 saturated heterocycles. The van der Waals surface area contributed by atoms with Gasteiger partial charge in [0.2, 0.25) is 5.88 Å². The summed E-state index contributed by atoms with van der Waals surface area (Å²) in [5.74, 6) is -0.845. The molecule has 0 radical (unpaired) electrons. The number of ether oxygens (including phenoxy) is 3. The Bertz CT molecular complexity index is 981. The van der Waals surface area contributed by atoms with Gasteiger partial charge in [-0.05, 0) is 0 Å². The molecule has 13 heteroatoms. The smallest absolute Gasteiger partial charge is 0.348 e. The van der Waals surface area contributed by atoms with Crippen LogP contribution in [-0.2, 0) is 21.6 Å². The minimum Gasteiger partial charge on any atom is -0.496 e. The summed E-state index contributed by atoms with van der Waals surface area (Å²) in [5.41, 5.74) is -0.548. The van der Waals surface area contributed by atoms with Crippen molar-refractivity contribution in [3.63, 3.8) is 0 Å². The van der Waals surface area contributed by atoms with E-state index in [0.717, 1.165) is 11.8 Å². The number of esters is 1. The number of carbonyl (C=O) groups excluding carboxylic acids is 2. The number of hydrogen-bond donors (Lipinski definition) is 1. The molecule has 1 N–H and O–H groups in total. The highest BCUT2D eigenvalue weighted by Gasteiger charge is 2.37. The number of hydrogen-bond acceptors (Lipinski definition) is 9. The number of aromatic nitrogens is 3. The van der Waals surface area contributed by atoms with E-state index >= 15 is 0 Å². The summed E-state index contributed by atoms with van der Waals surface area (Å²) in [5, 5.41) is 3.18. The summed E-state index contributed by atoms with van der Waals surface area (Å²) in [7, 11) is 0.232. The molecule has 2 rings (SSSR count). The average Bonchev–Trinajstić information content (AvgIpc) is 2.94. The highest BCUT2D eigenvalue weighted by molar-refractivity contribution is 8.06. The van der Waals surface area contributed by atoms with Crippen LogP contribution in [0.4, 0.5) is 10.6 Å². The van der Waals surface area contributed by atoms with Gasteiger partial charge in [0.1, 0.15) is 17.1 Å². The number of pyridine rings is 1. The lowest BCUT2D eigenvalue weighted by Gasteiger charge is -2.10. The SMILES string of the molecule is COC(=O)c1c(Cl)nn(C)c1S(=O)(=O)C(=O)Nc1cc(OC)cc(OC)n1. The Morgan fingerprint density at radius 1 is 1.19 bits per heavy atom. The van der Waals surface area contributed by atoms with Gasteiger partial charge >= 0.3 is 11.2 Å². The van der Waals surface area contributed by atoms with Gasteiger partial charge in [-0.3, -0.25) is 14.8 Å². The number of nitrogens with one attached hydrogen (secondary N) is 1. The van der Waals surface area contributed by atoms with Crippen LogP contribution in [0.2, 0.25) is 5.15 Å². The van der Waals surface area contributed by atoms with Gasteiger partial charge in [-0.2, -0.15) is 10.1 Å². The number of carbonyl (C=O) groups is 2. The van der Waals surface area contributed by atoms with Gasteiger partial charge in [0.25, 0.3) is 9.84 Å². The number of anilines is 1. The zero-order valence-corrected chi connectivity index (χ0v) is 16.2. The second-order valence-electron chi connectivity index (χ2n) is 4.94. The van der Waals surface area contributed by atoms with Crippen molar-refractivity contribution in [2.45, 2.75) is 5.03 Å². The average molecular weight is 419 g/mol. The van der Waals surface area contributed by atoms with Crippen molar-refractivity contribution in [1.29, 1.82) is 0 Å². The maximum absolute atomic E-state index is 12.7. The molecular weight excluding hydrogens is 404 g/mol. The minimum absolute atomic E-state index is 0.0841. The molecule has 27 heavy (non-hydrogen) atoms. The maximum Gasteiger partial charge on any atom is 0.348 e. The topological polar surface area (TPSA) is 139 Å². The molecule has 0 unspecified atom stereocenters. The lowest BCUT2D eigenvalue weighted by atomic mass is 10.4. The summed E-state index contributed by atoms with van der Waals surface area (Å²) in [6.07, 6.45) is 0. The molecule has 2 aromatic heterocycles. The normalized spacial score (nSPS) is 11.0. The van der Waals surface area contributed by atoms with Crippen LogP contribution >= 0.6 is 11.6 Å². The van der Waals surface area contributed by atoms with Gasteiger partial charge in [0.15, 0.2) is 10.2 Å². The molecule has 11 nitrogen and oxygen atoms in total. The molecule has 0 atom stereocenters. The first-order valence-electron chi connectivity index (χ1n) is 7.12. The van der Waals surface area contributed by atoms with Crippen LogP contribution in [0.25, 0.3) is 0 Å². The third-order valence-corrected chi connectivity index (χ3v) is 5.12. The van der Waals surface area contributed by atoms with Gasteiger partial charge < -0.3 is 14.2 Å². The Labute approximate surface area is 159 Å². The lowest BCUT2D eigenvalue weighted by molar-refractivity contribution is 0.0596. The van der Waals surface area contributed by atoms with E-state index in [-0.39, 0.29) is 17.4 Å². The van der Waals surface area contributed by atoms with E-state index in [9.17, 15) is 18.0 Å². The maximum atomic E-state index is 12.7. The minimum atomic E-state index is -4.73. The predicted octanol–water partition coefficient (Wildman–Crippen LogP) is 1.28. The predicted molar refractivity (Wildman–Crippen MR) is 93.1 cm³/mol. The molecule has 0 aromatic carbocycles. The summed E-state index contributed by atoms with van der Waals surface area (Å²) in [6, 6.07) is 2.72. The summed E-state index contributed by atoms with van der Waals surface area (Å²) >= 11 is 5.80. The van der Waals surface area contributed by atoms with Crippen molar-refractivity contribution in [3.8, 4) is 11.6 Å². The Hall–Kier alpha value is -2.86. The zero-order valence-electron chi connectivity index (χ0n) is 14.6. The Balaban J connectivity index is 2.47. The first-order valence-corrected chi connectivity index (χ1v) is 8.98. The molecule has 0 aliphatic rings. The highest BCUT2D eigenvalue weighted by atomic mass is 35.5. The van der Waals surface area contributed by atoms with E-state index in [1.165, 1.54) is 33.4 Å². The number of rotatable bonds is 5. The fourth-order valence-electron chi connectivity index (χ4n) is 2.09. The Morgan fingerprint density at radius 3 is 2.41 bits per heavy atom. The molecule has 2 aromatic rings. The quantitative estimate of drug-likeness (QED) is 0.711. The Kier molecular flexibility index (Phi) is 5.91. The van der Waals surface area contributed by atoms with Gasteiger partial charge in [-0.25, -0.2) is 13.2 Å². The first kappa shape index (κ1) is 20.5. The van der Waals surface area contributed by atoms with Crippen molar-refractivity contribution in [1.82, 2.24) is 14.8 Å². The van der Waals surface area contributed by atoms with Gasteiger partial charge in [-0.1, -0.05) is 11.6 Å². The molecule has 146 valence electrons. The second kappa shape index (κ2) is 7.80. The van der Waals surface area contributed by atoms with E-state index in [1.807, 2.05) is 0 Å². The fraction of sp³-hybridized carbons (Fsp3) is 0.286. The second-order valence-corrected chi connectivity index (χ2v) is 7.06. The van der Waals surface area contributed by atoms with Gasteiger partial charge in [-0.15, -0.1) is 0 Å². The van der Waals surface area contributed by atoms with E-state index in [1.54, 1.807) is 0 Å². The number of sulfone groups is 1. The monoisotopic (exact) mass is 418 g/mol. The largest absolute Gasteiger partial charge is 0.496 e. The number of methoxy groups -OCH3 is 3. The Morgan fingerprint density at radius 2 is 1.85 bits per heavy atom. The third-order valence-electron chi connectivity index (χ3n) is 3.29. The molecule has 2 heterocycles. The van der Waals surface area contributed by atoms with Crippen LogP contribution < -0.4 is 14.8 Å². The first-order chi connectivity index (χ1) is 12.6. The van der Waals surface area contributed by atoms with Crippen molar-refractivity contribution >= 4 is 38.5 Å². The molecule has 0 bridgehead atoms. The molecule has 0 aliphatic heterocycles. The summed E-state index contributed by atoms with van der Waals surface area (Å²) in [6.45, 7) is 0. The van der Waals surface area contributed by atoms with Crippen molar-refractivity contribution in [2.75, 3.05) is 26.6 Å². The molecular formula is C14H15ClN4O7S. The van der Waals surface area contributed by atoms with Crippen LogP contribution in [0.15, 0.2) is 17.2 Å². The standard InChI is InChI=1S/C14H15ClN4O7S/c1-19-12(10(11(15)18-19)13(20)26-4)27(22,23)14(21)17-8-5-7(24-2)6-9(16-8)25-3/h5-6H,1-4H3,(H,16,17,21). The van der Waals surface area contributed by atoms with Crippen LogP contribution in [0, 0.1) is 0 Å². The third kappa shape index (κ3) is 3.95. The molecule has 0 aliphatic carbocycles. The van der Waals surface area contributed by atoms with E-state index in [2.05, 4.69) is 20.1 Å². The van der Waals surface area contributed by atoms with Gasteiger partial charge in [0, 0.05) is 19.2 Å². The fourth-order valence-corrected chi connectivity index (χ4v) is 3.67. The lowest BCUT2D eigenvalue weighted by Crippen LogP contribution is -2.26. The summed E-state index contributed by atoms with van der Waals surface area (Å²) < 4.78 is 40.7. The number of amides is 1. The zero-order chi connectivity index (χ0) is 20.4. The van der Waals surface area contributed by atoms with E-state index in [0.29, 0.717) is 0 Å². The number of aryl methyl sites for hydroxylation is 1. The van der Waals surface area contributed by atoms with Crippen molar-refractivity contribution < 1.29 is 32.2 Å². The van der Waals surface area contributed by atoms with E-state index in [4.69, 9.17) is 21.1 Å². The van der Waals surface area contributed by atoms with Crippen LogP contribution in [0.1, 0.15) is 10.4 Å². The highest BCUT2D eigenvalue weighted by Crippen LogP contribution is 2.27. The van der Waals surface area contributed by atoms with Crippen LogP contribution in [0.3, 0.4) is 0 Å². The van der Waals surface area contributed by atoms with Crippen LogP contribution in [0.5, 0.6) is 11.6 Å². The number of halogens is 1. The number of nitrogens with zero attached hydrogens (tertiary/aromatic N) is 3. The molecule has 0 spiro atoms. The molecule has 1 amide bonds. The van der Waals surface area contributed by atoms with Gasteiger partial charge in [0.05, 0.1) is 21.3 Å². The van der Waals surface area contributed by atoms with Crippen LogP contribution in [-0.4, -0.2) is 55.7 Å². The van der Waals surface area contributed by atoms with Crippen molar-refractivity contribution in [3.05, 3.63) is 22.8 Å². The van der Waals surface area contributed by atoms with E-state index < -0.39 is 36.8 Å². The molecule has 0 fully saturated rings. The molecule has 0 saturated carbocycles.